The Hall–Kier alpha value is -3.08. The summed E-state index contributed by atoms with van der Waals surface area (Å²) in [6.07, 6.45) is 1.15. The van der Waals surface area contributed by atoms with Crippen LogP contribution in [0.2, 0.25) is 10.0 Å². The molecular weight excluding hydrogens is 555 g/mol. The molecule has 0 unspecified atom stereocenters. The van der Waals surface area contributed by atoms with Crippen molar-refractivity contribution in [2.75, 3.05) is 32.8 Å². The van der Waals surface area contributed by atoms with Gasteiger partial charge in [0.05, 0.1) is 42.3 Å². The molecule has 1 atom stereocenters. The highest BCUT2D eigenvalue weighted by Crippen LogP contribution is 2.26. The van der Waals surface area contributed by atoms with Crippen LogP contribution in [0.15, 0.2) is 52.9 Å². The number of furan rings is 1. The number of fused-ring (bicyclic) bond motifs is 1. The van der Waals surface area contributed by atoms with Gasteiger partial charge in [-0.15, -0.1) is 0 Å². The van der Waals surface area contributed by atoms with Crippen molar-refractivity contribution < 1.29 is 23.8 Å². The molecule has 0 amide bonds. The lowest BCUT2D eigenvalue weighted by atomic mass is 10.1. The van der Waals surface area contributed by atoms with Crippen LogP contribution in [0.4, 0.5) is 0 Å². The summed E-state index contributed by atoms with van der Waals surface area (Å²) in [5.74, 6) is 1.31. The Morgan fingerprint density at radius 3 is 2.50 bits per heavy atom. The number of benzene rings is 2. The summed E-state index contributed by atoms with van der Waals surface area (Å²) in [6.45, 7) is 6.73. The quantitative estimate of drug-likeness (QED) is 0.268. The third-order valence-electron chi connectivity index (χ3n) is 7.49. The van der Waals surface area contributed by atoms with Gasteiger partial charge in [-0.1, -0.05) is 29.3 Å². The van der Waals surface area contributed by atoms with Gasteiger partial charge in [0.2, 0.25) is 0 Å². The number of ether oxygens (including phenoxy) is 2. The number of hydrogen-bond acceptors (Lipinski definition) is 7. The van der Waals surface area contributed by atoms with Crippen LogP contribution in [0.3, 0.4) is 0 Å². The largest absolute Gasteiger partial charge is 0.478 e. The second-order valence-corrected chi connectivity index (χ2v) is 11.1. The molecule has 0 aliphatic carbocycles. The number of aromatic nitrogens is 2. The molecule has 2 aliphatic heterocycles. The second-order valence-electron chi connectivity index (χ2n) is 10.2. The first-order valence-corrected chi connectivity index (χ1v) is 14.1. The van der Waals surface area contributed by atoms with Gasteiger partial charge in [-0.2, -0.15) is 0 Å². The van der Waals surface area contributed by atoms with Gasteiger partial charge in [0, 0.05) is 54.5 Å². The number of aromatic carboxylic acids is 1. The average molecular weight is 585 g/mol. The number of nitrogens with zero attached hydrogens (tertiary/aromatic N) is 4. The van der Waals surface area contributed by atoms with Gasteiger partial charge in [-0.25, -0.2) is 9.78 Å². The predicted molar refractivity (Wildman–Crippen MR) is 151 cm³/mol. The Kier molecular flexibility index (Phi) is 8.00. The first-order chi connectivity index (χ1) is 19.4. The molecule has 1 N–H and O–H groups in total. The molecule has 210 valence electrons. The zero-order valence-corrected chi connectivity index (χ0v) is 23.4. The third kappa shape index (κ3) is 6.14. The lowest BCUT2D eigenvalue weighted by Gasteiger charge is -2.34. The zero-order chi connectivity index (χ0) is 27.6. The van der Waals surface area contributed by atoms with E-state index < -0.39 is 5.97 Å². The Morgan fingerprint density at radius 2 is 1.80 bits per heavy atom. The van der Waals surface area contributed by atoms with Crippen LogP contribution in [-0.4, -0.2) is 69.3 Å². The fourth-order valence-electron chi connectivity index (χ4n) is 5.10. The topological polar surface area (TPSA) is 93.2 Å². The van der Waals surface area contributed by atoms with E-state index in [0.29, 0.717) is 42.2 Å². The molecule has 9 nitrogen and oxygen atoms in total. The van der Waals surface area contributed by atoms with E-state index in [4.69, 9.17) is 42.1 Å². The molecule has 4 heterocycles. The van der Waals surface area contributed by atoms with E-state index in [1.165, 1.54) is 0 Å². The number of hydrogen-bond donors (Lipinski definition) is 1. The minimum atomic E-state index is -0.937. The standard InChI is InChI=1S/C29H30Cl2N4O5/c30-21-3-1-20(24(31)14-21)18-39-28-6-4-23(40-28)15-33-8-10-34(11-9-33)17-27-32-25-5-2-19(29(36)37)13-26(25)35(27)16-22-7-12-38-22/h1-6,13-14,22H,7-12,15-18H2,(H,36,37)/t22-/m0/s1. The molecule has 2 saturated heterocycles. The Balaban J connectivity index is 1.05. The van der Waals surface area contributed by atoms with Crippen molar-refractivity contribution in [1.82, 2.24) is 19.4 Å². The molecule has 2 aliphatic rings. The summed E-state index contributed by atoms with van der Waals surface area (Å²) in [5.41, 5.74) is 2.77. The van der Waals surface area contributed by atoms with Gasteiger partial charge >= 0.3 is 5.97 Å². The van der Waals surface area contributed by atoms with Gasteiger partial charge in [0.25, 0.3) is 5.95 Å². The summed E-state index contributed by atoms with van der Waals surface area (Å²) in [7, 11) is 0. The average Bonchev–Trinajstić information content (AvgIpc) is 3.50. The van der Waals surface area contributed by atoms with E-state index in [-0.39, 0.29) is 11.7 Å². The van der Waals surface area contributed by atoms with E-state index in [9.17, 15) is 9.90 Å². The van der Waals surface area contributed by atoms with Crippen molar-refractivity contribution >= 4 is 40.2 Å². The fourth-order valence-corrected chi connectivity index (χ4v) is 5.56. The highest BCUT2D eigenvalue weighted by molar-refractivity contribution is 6.35. The van der Waals surface area contributed by atoms with E-state index in [2.05, 4.69) is 14.4 Å². The number of carbonyl (C=O) groups is 1. The molecule has 11 heteroatoms. The van der Waals surface area contributed by atoms with Gasteiger partial charge in [-0.3, -0.25) is 9.80 Å². The van der Waals surface area contributed by atoms with Crippen LogP contribution in [0.25, 0.3) is 11.0 Å². The van der Waals surface area contributed by atoms with Crippen molar-refractivity contribution in [3.63, 3.8) is 0 Å². The van der Waals surface area contributed by atoms with Gasteiger partial charge in [-0.05, 0) is 42.8 Å². The maximum Gasteiger partial charge on any atom is 0.335 e. The maximum absolute atomic E-state index is 11.6. The molecule has 0 radical (unpaired) electrons. The van der Waals surface area contributed by atoms with E-state index in [1.807, 2.05) is 18.2 Å². The smallest absolute Gasteiger partial charge is 0.335 e. The number of piperazine rings is 1. The van der Waals surface area contributed by atoms with E-state index in [1.54, 1.807) is 30.3 Å². The molecule has 4 aromatic rings. The highest BCUT2D eigenvalue weighted by Gasteiger charge is 2.25. The number of imidazole rings is 1. The lowest BCUT2D eigenvalue weighted by Crippen LogP contribution is -2.45. The van der Waals surface area contributed by atoms with Crippen LogP contribution in [0, 0.1) is 0 Å². The molecule has 0 saturated carbocycles. The summed E-state index contributed by atoms with van der Waals surface area (Å²) in [5, 5.41) is 10.6. The van der Waals surface area contributed by atoms with Crippen LogP contribution in [0.1, 0.15) is 33.9 Å². The molecule has 2 aromatic carbocycles. The molecule has 0 bridgehead atoms. The normalized spacial score (nSPS) is 18.2. The molecule has 40 heavy (non-hydrogen) atoms. The number of carboxylic acid groups (broad SMARTS) is 1. The second kappa shape index (κ2) is 11.8. The zero-order valence-electron chi connectivity index (χ0n) is 21.9. The summed E-state index contributed by atoms with van der Waals surface area (Å²) in [4.78, 5) is 21.2. The van der Waals surface area contributed by atoms with Crippen molar-refractivity contribution in [3.8, 4) is 5.95 Å². The van der Waals surface area contributed by atoms with Crippen molar-refractivity contribution in [3.05, 3.63) is 81.3 Å². The minimum absolute atomic E-state index is 0.145. The van der Waals surface area contributed by atoms with Crippen molar-refractivity contribution in [2.45, 2.75) is 38.8 Å². The predicted octanol–water partition coefficient (Wildman–Crippen LogP) is 5.32. The first-order valence-electron chi connectivity index (χ1n) is 13.4. The number of halogens is 2. The molecule has 2 fully saturated rings. The van der Waals surface area contributed by atoms with Crippen molar-refractivity contribution in [2.24, 2.45) is 0 Å². The Bertz CT molecular complexity index is 1510. The minimum Gasteiger partial charge on any atom is -0.478 e. The fraction of sp³-hybridized carbons (Fsp3) is 0.379. The maximum atomic E-state index is 11.6. The molecule has 2 aromatic heterocycles. The van der Waals surface area contributed by atoms with Gasteiger partial charge in [0.15, 0.2) is 0 Å². The molecular formula is C29H30Cl2N4O5. The summed E-state index contributed by atoms with van der Waals surface area (Å²) >= 11 is 12.2. The van der Waals surface area contributed by atoms with Crippen LogP contribution >= 0.6 is 23.2 Å². The van der Waals surface area contributed by atoms with E-state index >= 15 is 0 Å². The first kappa shape index (κ1) is 27.1. The molecule has 6 rings (SSSR count). The van der Waals surface area contributed by atoms with Crippen LogP contribution in [-0.2, 0) is 31.0 Å². The van der Waals surface area contributed by atoms with Crippen molar-refractivity contribution in [1.29, 1.82) is 0 Å². The SMILES string of the molecule is O=C(O)c1ccc2nc(CN3CCN(Cc4ccc(OCc5ccc(Cl)cc5Cl)o4)CC3)n(C[C@@H]3CCO3)c2c1. The van der Waals surface area contributed by atoms with Gasteiger partial charge < -0.3 is 23.6 Å². The monoisotopic (exact) mass is 584 g/mol. The number of rotatable bonds is 10. The van der Waals surface area contributed by atoms with Crippen LogP contribution in [0.5, 0.6) is 5.95 Å². The third-order valence-corrected chi connectivity index (χ3v) is 8.07. The van der Waals surface area contributed by atoms with Crippen LogP contribution < -0.4 is 4.74 Å². The molecule has 0 spiro atoms. The highest BCUT2D eigenvalue weighted by atomic mass is 35.5. The lowest BCUT2D eigenvalue weighted by molar-refractivity contribution is -0.0592. The Labute approximate surface area is 241 Å². The van der Waals surface area contributed by atoms with E-state index in [0.717, 1.165) is 67.4 Å². The van der Waals surface area contributed by atoms with Gasteiger partial charge in [0.1, 0.15) is 18.2 Å². The number of carboxylic acids is 1. The summed E-state index contributed by atoms with van der Waals surface area (Å²) in [6, 6.07) is 14.2. The summed E-state index contributed by atoms with van der Waals surface area (Å²) < 4.78 is 19.5. The Morgan fingerprint density at radius 1 is 1.02 bits per heavy atom.